The van der Waals surface area contributed by atoms with Crippen molar-refractivity contribution in [2.75, 3.05) is 6.61 Å². The summed E-state index contributed by atoms with van der Waals surface area (Å²) in [5, 5.41) is 2.91. The number of rotatable bonds is 14. The molecule has 3 heterocycles. The standard InChI is InChI=1S/C25H36N6O4/c1-4-7-9-16-30-19(28-22-21(30)23(33)29-25(34)31(22)15-8-5-2)12-13-20(32)27-17-18-11-10-14-26-24(18)35-6-3/h10-11,14H,4-9,12-13,15-17H2,1-3H3,(H,27,32)(H,29,33,34). The highest BCUT2D eigenvalue weighted by Gasteiger charge is 2.19. The SMILES string of the molecule is CCCCCn1c(CCC(=O)NCc2cccnc2OCC)nc2c1c(=O)[nH]c(=O)n2CCCC. The highest BCUT2D eigenvalue weighted by atomic mass is 16.5. The fourth-order valence-electron chi connectivity index (χ4n) is 4.03. The van der Waals surface area contributed by atoms with Gasteiger partial charge >= 0.3 is 5.69 Å². The van der Waals surface area contributed by atoms with Gasteiger partial charge in [-0.05, 0) is 25.8 Å². The lowest BCUT2D eigenvalue weighted by Gasteiger charge is -2.11. The van der Waals surface area contributed by atoms with Crippen LogP contribution in [-0.2, 0) is 30.8 Å². The average Bonchev–Trinajstić information content (AvgIpc) is 3.21. The largest absolute Gasteiger partial charge is 0.478 e. The van der Waals surface area contributed by atoms with Crippen molar-refractivity contribution in [1.29, 1.82) is 0 Å². The van der Waals surface area contributed by atoms with Gasteiger partial charge in [0.15, 0.2) is 11.2 Å². The zero-order valence-corrected chi connectivity index (χ0v) is 20.9. The van der Waals surface area contributed by atoms with Crippen LogP contribution in [0.3, 0.4) is 0 Å². The van der Waals surface area contributed by atoms with E-state index in [2.05, 4.69) is 22.2 Å². The number of unbranched alkanes of at least 4 members (excludes halogenated alkanes) is 3. The summed E-state index contributed by atoms with van der Waals surface area (Å²) >= 11 is 0. The summed E-state index contributed by atoms with van der Waals surface area (Å²) in [6.07, 6.45) is 6.88. The quantitative estimate of drug-likeness (QED) is 0.339. The topological polar surface area (TPSA) is 124 Å². The van der Waals surface area contributed by atoms with Crippen LogP contribution in [0.4, 0.5) is 0 Å². The molecule has 0 aliphatic heterocycles. The third-order valence-electron chi connectivity index (χ3n) is 5.87. The lowest BCUT2D eigenvalue weighted by Crippen LogP contribution is -2.31. The number of amides is 1. The Morgan fingerprint density at radius 2 is 1.86 bits per heavy atom. The van der Waals surface area contributed by atoms with Crippen molar-refractivity contribution in [3.63, 3.8) is 0 Å². The number of aromatic nitrogens is 5. The molecule has 0 aromatic carbocycles. The Morgan fingerprint density at radius 3 is 2.60 bits per heavy atom. The van der Waals surface area contributed by atoms with Crippen LogP contribution in [0.1, 0.15) is 70.7 Å². The van der Waals surface area contributed by atoms with Gasteiger partial charge in [0.25, 0.3) is 5.56 Å². The molecule has 3 aromatic rings. The van der Waals surface area contributed by atoms with Crippen LogP contribution in [0.2, 0.25) is 0 Å². The summed E-state index contributed by atoms with van der Waals surface area (Å²) in [6, 6.07) is 3.67. The number of nitrogens with one attached hydrogen (secondary N) is 2. The summed E-state index contributed by atoms with van der Waals surface area (Å²) in [5.74, 6) is 1.02. The number of pyridine rings is 1. The Kier molecular flexibility index (Phi) is 9.63. The van der Waals surface area contributed by atoms with Gasteiger partial charge < -0.3 is 14.6 Å². The van der Waals surface area contributed by atoms with Crippen LogP contribution in [0.25, 0.3) is 11.2 Å². The number of carbonyl (C=O) groups excluding carboxylic acids is 1. The van der Waals surface area contributed by atoms with E-state index in [1.165, 1.54) is 4.57 Å². The van der Waals surface area contributed by atoms with Gasteiger partial charge in [-0.25, -0.2) is 14.8 Å². The molecule has 0 aliphatic carbocycles. The number of H-pyrrole nitrogens is 1. The second-order valence-corrected chi connectivity index (χ2v) is 8.50. The molecule has 0 bridgehead atoms. The van der Waals surface area contributed by atoms with Crippen LogP contribution >= 0.6 is 0 Å². The van der Waals surface area contributed by atoms with E-state index in [0.717, 1.165) is 37.7 Å². The summed E-state index contributed by atoms with van der Waals surface area (Å²) in [7, 11) is 0. The van der Waals surface area contributed by atoms with Gasteiger partial charge in [0.1, 0.15) is 5.82 Å². The fraction of sp³-hybridized carbons (Fsp3) is 0.560. The predicted molar refractivity (Wildman–Crippen MR) is 135 cm³/mol. The molecule has 3 rings (SSSR count). The number of aromatic amines is 1. The number of fused-ring (bicyclic) bond motifs is 1. The van der Waals surface area contributed by atoms with Crippen molar-refractivity contribution in [3.8, 4) is 5.88 Å². The van der Waals surface area contributed by atoms with Gasteiger partial charge in [-0.15, -0.1) is 0 Å². The number of imidazole rings is 1. The van der Waals surface area contributed by atoms with E-state index in [1.807, 2.05) is 24.5 Å². The Hall–Kier alpha value is -3.43. The van der Waals surface area contributed by atoms with Gasteiger partial charge in [-0.2, -0.15) is 0 Å². The van der Waals surface area contributed by atoms with Crippen molar-refractivity contribution in [2.24, 2.45) is 0 Å². The summed E-state index contributed by atoms with van der Waals surface area (Å²) < 4.78 is 8.94. The van der Waals surface area contributed by atoms with Gasteiger partial charge in [0.2, 0.25) is 11.8 Å². The summed E-state index contributed by atoms with van der Waals surface area (Å²) in [6.45, 7) is 7.96. The van der Waals surface area contributed by atoms with Crippen LogP contribution in [0.15, 0.2) is 27.9 Å². The lowest BCUT2D eigenvalue weighted by molar-refractivity contribution is -0.121. The molecular formula is C25H36N6O4. The third kappa shape index (κ3) is 6.58. The number of nitrogens with zero attached hydrogens (tertiary/aromatic N) is 4. The molecule has 0 saturated carbocycles. The fourth-order valence-corrected chi connectivity index (χ4v) is 4.03. The van der Waals surface area contributed by atoms with Crippen molar-refractivity contribution in [3.05, 3.63) is 50.6 Å². The van der Waals surface area contributed by atoms with Gasteiger partial charge in [-0.3, -0.25) is 19.1 Å². The number of carbonyl (C=O) groups is 1. The molecule has 190 valence electrons. The van der Waals surface area contributed by atoms with Gasteiger partial charge in [0, 0.05) is 44.2 Å². The minimum Gasteiger partial charge on any atom is -0.478 e. The van der Waals surface area contributed by atoms with Crippen molar-refractivity contribution >= 4 is 17.1 Å². The second-order valence-electron chi connectivity index (χ2n) is 8.50. The predicted octanol–water partition coefficient (Wildman–Crippen LogP) is 2.92. The monoisotopic (exact) mass is 484 g/mol. The van der Waals surface area contributed by atoms with E-state index >= 15 is 0 Å². The zero-order chi connectivity index (χ0) is 25.2. The molecular weight excluding hydrogens is 448 g/mol. The maximum atomic E-state index is 12.7. The van der Waals surface area contributed by atoms with E-state index in [1.54, 1.807) is 12.3 Å². The molecule has 3 aromatic heterocycles. The lowest BCUT2D eigenvalue weighted by atomic mass is 10.2. The van der Waals surface area contributed by atoms with Crippen molar-refractivity contribution in [2.45, 2.75) is 85.4 Å². The summed E-state index contributed by atoms with van der Waals surface area (Å²) in [4.78, 5) is 49.2. The number of ether oxygens (including phenoxy) is 1. The second kappa shape index (κ2) is 12.9. The first-order valence-corrected chi connectivity index (χ1v) is 12.6. The molecule has 10 heteroatoms. The highest BCUT2D eigenvalue weighted by molar-refractivity contribution is 5.76. The van der Waals surface area contributed by atoms with Crippen LogP contribution in [-0.4, -0.2) is 36.6 Å². The van der Waals surface area contributed by atoms with Gasteiger partial charge in [-0.1, -0.05) is 39.2 Å². The van der Waals surface area contributed by atoms with E-state index in [-0.39, 0.29) is 12.3 Å². The van der Waals surface area contributed by atoms with Gasteiger partial charge in [0.05, 0.1) is 6.61 Å². The first-order chi connectivity index (χ1) is 17.0. The van der Waals surface area contributed by atoms with Crippen molar-refractivity contribution < 1.29 is 9.53 Å². The van der Waals surface area contributed by atoms with E-state index in [0.29, 0.717) is 55.5 Å². The molecule has 1 amide bonds. The smallest absolute Gasteiger partial charge is 0.330 e. The van der Waals surface area contributed by atoms with E-state index < -0.39 is 11.2 Å². The van der Waals surface area contributed by atoms with E-state index in [9.17, 15) is 14.4 Å². The number of hydrogen-bond donors (Lipinski definition) is 2. The Balaban J connectivity index is 1.81. The Labute approximate surface area is 204 Å². The number of aryl methyl sites for hydroxylation is 3. The molecule has 0 unspecified atom stereocenters. The molecule has 0 aliphatic rings. The zero-order valence-electron chi connectivity index (χ0n) is 20.9. The minimum atomic E-state index is -0.444. The first-order valence-electron chi connectivity index (χ1n) is 12.6. The maximum Gasteiger partial charge on any atom is 0.330 e. The maximum absolute atomic E-state index is 12.7. The van der Waals surface area contributed by atoms with Crippen LogP contribution < -0.4 is 21.3 Å². The molecule has 0 radical (unpaired) electrons. The molecule has 2 N–H and O–H groups in total. The molecule has 0 spiro atoms. The minimum absolute atomic E-state index is 0.138. The third-order valence-corrected chi connectivity index (χ3v) is 5.87. The van der Waals surface area contributed by atoms with Crippen molar-refractivity contribution in [1.82, 2.24) is 29.4 Å². The van der Waals surface area contributed by atoms with Crippen LogP contribution in [0.5, 0.6) is 5.88 Å². The molecule has 0 saturated heterocycles. The molecule has 0 atom stereocenters. The first kappa shape index (κ1) is 26.2. The molecule has 35 heavy (non-hydrogen) atoms. The summed E-state index contributed by atoms with van der Waals surface area (Å²) in [5.41, 5.74) is 0.734. The highest BCUT2D eigenvalue weighted by Crippen LogP contribution is 2.16. The Morgan fingerprint density at radius 1 is 1.09 bits per heavy atom. The normalized spacial score (nSPS) is 11.2. The Bertz CT molecular complexity index is 1240. The number of hydrogen-bond acceptors (Lipinski definition) is 6. The molecule has 0 fully saturated rings. The molecule has 10 nitrogen and oxygen atoms in total. The average molecular weight is 485 g/mol. The van der Waals surface area contributed by atoms with E-state index in [4.69, 9.17) is 9.72 Å². The van der Waals surface area contributed by atoms with Crippen LogP contribution in [0, 0.1) is 0 Å².